The number of fused-ring (bicyclic) bond motifs is 6. The molecule has 0 saturated heterocycles. The van der Waals surface area contributed by atoms with Gasteiger partial charge in [-0.3, -0.25) is 4.79 Å². The zero-order valence-corrected chi connectivity index (χ0v) is 21.8. The van der Waals surface area contributed by atoms with E-state index in [4.69, 9.17) is 0 Å². The molecule has 0 spiro atoms. The molecule has 8 atom stereocenters. The molecule has 36 heavy (non-hydrogen) atoms. The molecule has 5 nitrogen and oxygen atoms in total. The summed E-state index contributed by atoms with van der Waals surface area (Å²) in [6.07, 6.45) is 10.8. The molecule has 0 unspecified atom stereocenters. The molecule has 1 heterocycles. The summed E-state index contributed by atoms with van der Waals surface area (Å²) < 4.78 is 29.2. The molecular weight excluding hydrogens is 460 g/mol. The Hall–Kier alpha value is -1.89. The van der Waals surface area contributed by atoms with E-state index in [1.807, 2.05) is 6.92 Å². The maximum atomic E-state index is 14.1. The van der Waals surface area contributed by atoms with Crippen molar-refractivity contribution in [1.82, 2.24) is 15.0 Å². The fraction of sp³-hybridized carbons (Fsp3) is 0.759. The lowest BCUT2D eigenvalue weighted by molar-refractivity contribution is -0.158. The zero-order valence-electron chi connectivity index (χ0n) is 21.8. The molecule has 0 aliphatic heterocycles. The quantitative estimate of drug-likeness (QED) is 0.554. The van der Waals surface area contributed by atoms with Gasteiger partial charge in [0.25, 0.3) is 0 Å². The number of nitrogens with zero attached hydrogens (tertiary/aromatic N) is 3. The summed E-state index contributed by atoms with van der Waals surface area (Å²) in [5.41, 5.74) is 0.0420. The Labute approximate surface area is 212 Å². The first-order valence-electron chi connectivity index (χ1n) is 14.0. The SMILES string of the molecule is CC[C@]12CC[C@@](C)(O)C[C@@H]1CC[C@H]1[C@@H]3CC[C@H](C(=O)Cn4nnc5c(F)c(F)ccc54)[C@@]3(C)CC[C@@H]12. The van der Waals surface area contributed by atoms with Crippen molar-refractivity contribution in [3.63, 3.8) is 0 Å². The van der Waals surface area contributed by atoms with Gasteiger partial charge in [0.05, 0.1) is 11.1 Å². The molecule has 4 aliphatic carbocycles. The summed E-state index contributed by atoms with van der Waals surface area (Å²) in [4.78, 5) is 13.7. The van der Waals surface area contributed by atoms with Crippen molar-refractivity contribution in [1.29, 1.82) is 0 Å². The van der Waals surface area contributed by atoms with E-state index in [1.54, 1.807) is 0 Å². The minimum atomic E-state index is -1.01. The lowest BCUT2D eigenvalue weighted by Gasteiger charge is -2.63. The second-order valence-corrected chi connectivity index (χ2v) is 13.1. The largest absolute Gasteiger partial charge is 0.390 e. The predicted octanol–water partition coefficient (Wildman–Crippen LogP) is 6.08. The van der Waals surface area contributed by atoms with Crippen LogP contribution < -0.4 is 0 Å². The summed E-state index contributed by atoms with van der Waals surface area (Å²) in [6.45, 7) is 6.78. The van der Waals surface area contributed by atoms with E-state index in [-0.39, 0.29) is 29.2 Å². The first-order chi connectivity index (χ1) is 17.1. The number of carbonyl (C=O) groups is 1. The van der Waals surface area contributed by atoms with E-state index in [0.29, 0.717) is 34.6 Å². The lowest BCUT2D eigenvalue weighted by atomic mass is 9.42. The van der Waals surface area contributed by atoms with Gasteiger partial charge in [-0.1, -0.05) is 19.1 Å². The van der Waals surface area contributed by atoms with Crippen molar-refractivity contribution in [2.75, 3.05) is 0 Å². The normalized spacial score (nSPS) is 42.1. The number of aromatic nitrogens is 3. The lowest BCUT2D eigenvalue weighted by Crippen LogP contribution is -2.56. The Balaban J connectivity index is 1.23. The molecule has 7 heteroatoms. The molecule has 4 fully saturated rings. The molecule has 0 bridgehead atoms. The molecule has 0 radical (unpaired) electrons. The van der Waals surface area contributed by atoms with Gasteiger partial charge in [-0.25, -0.2) is 13.5 Å². The summed E-state index contributed by atoms with van der Waals surface area (Å²) in [6, 6.07) is 2.52. The summed E-state index contributed by atoms with van der Waals surface area (Å²) in [5.74, 6) is 0.661. The summed E-state index contributed by atoms with van der Waals surface area (Å²) in [7, 11) is 0. The fourth-order valence-electron chi connectivity index (χ4n) is 9.83. The minimum Gasteiger partial charge on any atom is -0.390 e. The van der Waals surface area contributed by atoms with Crippen molar-refractivity contribution in [3.8, 4) is 0 Å². The number of aliphatic hydroxyl groups is 1. The van der Waals surface area contributed by atoms with Gasteiger partial charge in [-0.15, -0.1) is 5.10 Å². The van der Waals surface area contributed by atoms with Crippen LogP contribution in [0.5, 0.6) is 0 Å². The molecule has 1 aromatic carbocycles. The minimum absolute atomic E-state index is 0.0199. The third-order valence-electron chi connectivity index (χ3n) is 11.6. The Bertz CT molecular complexity index is 1190. The van der Waals surface area contributed by atoms with Crippen LogP contribution in [-0.2, 0) is 11.3 Å². The van der Waals surface area contributed by atoms with Crippen molar-refractivity contribution in [2.24, 2.45) is 40.4 Å². The van der Waals surface area contributed by atoms with E-state index in [9.17, 15) is 18.7 Å². The van der Waals surface area contributed by atoms with E-state index in [1.165, 1.54) is 36.4 Å². The van der Waals surface area contributed by atoms with Crippen molar-refractivity contribution >= 4 is 16.8 Å². The predicted molar refractivity (Wildman–Crippen MR) is 133 cm³/mol. The number of hydrogen-bond donors (Lipinski definition) is 1. The second-order valence-electron chi connectivity index (χ2n) is 13.1. The highest BCUT2D eigenvalue weighted by molar-refractivity contribution is 5.84. The van der Waals surface area contributed by atoms with Crippen LogP contribution in [0.15, 0.2) is 12.1 Å². The number of halogens is 2. The molecule has 4 aliphatic rings. The number of benzene rings is 1. The Morgan fingerprint density at radius 2 is 1.89 bits per heavy atom. The van der Waals surface area contributed by atoms with Gasteiger partial charge in [0.2, 0.25) is 0 Å². The smallest absolute Gasteiger partial charge is 0.188 e. The van der Waals surface area contributed by atoms with Crippen LogP contribution in [0.25, 0.3) is 11.0 Å². The average Bonchev–Trinajstić information content (AvgIpc) is 3.41. The average molecular weight is 500 g/mol. The van der Waals surface area contributed by atoms with Crippen molar-refractivity contribution in [3.05, 3.63) is 23.8 Å². The zero-order chi connectivity index (χ0) is 25.5. The topological polar surface area (TPSA) is 68.0 Å². The van der Waals surface area contributed by atoms with E-state index in [2.05, 4.69) is 24.2 Å². The van der Waals surface area contributed by atoms with Crippen LogP contribution in [0.1, 0.15) is 85.0 Å². The van der Waals surface area contributed by atoms with Crippen molar-refractivity contribution < 1.29 is 18.7 Å². The Kier molecular flexibility index (Phi) is 5.64. The van der Waals surface area contributed by atoms with Gasteiger partial charge in [-0.2, -0.15) is 0 Å². The molecule has 1 N–H and O–H groups in total. The monoisotopic (exact) mass is 499 g/mol. The molecule has 0 amide bonds. The molecule has 1 aromatic heterocycles. The Morgan fingerprint density at radius 3 is 2.67 bits per heavy atom. The highest BCUT2D eigenvalue weighted by atomic mass is 19.2. The molecule has 2 aromatic rings. The first-order valence-corrected chi connectivity index (χ1v) is 14.0. The third-order valence-corrected chi connectivity index (χ3v) is 11.6. The number of rotatable bonds is 4. The fourth-order valence-corrected chi connectivity index (χ4v) is 9.83. The van der Waals surface area contributed by atoms with E-state index < -0.39 is 17.2 Å². The van der Waals surface area contributed by atoms with Crippen LogP contribution >= 0.6 is 0 Å². The van der Waals surface area contributed by atoms with E-state index >= 15 is 0 Å². The second kappa shape index (κ2) is 8.31. The van der Waals surface area contributed by atoms with Gasteiger partial charge in [0.15, 0.2) is 22.9 Å². The Morgan fingerprint density at radius 1 is 1.08 bits per heavy atom. The van der Waals surface area contributed by atoms with Crippen LogP contribution in [0, 0.1) is 52.1 Å². The molecule has 196 valence electrons. The van der Waals surface area contributed by atoms with Gasteiger partial charge in [0, 0.05) is 5.92 Å². The molecule has 4 saturated carbocycles. The van der Waals surface area contributed by atoms with Crippen molar-refractivity contribution in [2.45, 2.75) is 97.1 Å². The standard InChI is InChI=1S/C29H39F2N3O2/c1-4-29-14-13-27(2,36)15-17(29)5-6-18-19-7-8-21(28(19,3)12-11-20(18)29)24(35)16-34-23-10-9-22(30)25(31)26(23)32-33-34/h9-10,17-21,36H,4-8,11-16H2,1-3H3/t17-,18-,19-,20-,21+,27+,28-,29-/m0/s1. The van der Waals surface area contributed by atoms with Crippen LogP contribution in [0.2, 0.25) is 0 Å². The summed E-state index contributed by atoms with van der Waals surface area (Å²) >= 11 is 0. The highest BCUT2D eigenvalue weighted by Gasteiger charge is 2.62. The number of carbonyl (C=O) groups excluding carboxylic acids is 1. The van der Waals surface area contributed by atoms with Gasteiger partial charge in [0.1, 0.15) is 6.54 Å². The molecule has 6 rings (SSSR count). The van der Waals surface area contributed by atoms with Crippen LogP contribution in [0.3, 0.4) is 0 Å². The number of ketones is 1. The number of hydrogen-bond acceptors (Lipinski definition) is 4. The van der Waals surface area contributed by atoms with Gasteiger partial charge >= 0.3 is 0 Å². The highest BCUT2D eigenvalue weighted by Crippen LogP contribution is 2.69. The van der Waals surface area contributed by atoms with Crippen LogP contribution in [-0.4, -0.2) is 31.5 Å². The van der Waals surface area contributed by atoms with Gasteiger partial charge < -0.3 is 5.11 Å². The molecular formula is C29H39F2N3O2. The first kappa shape index (κ1) is 24.4. The summed E-state index contributed by atoms with van der Waals surface area (Å²) in [5, 5.41) is 18.6. The maximum absolute atomic E-state index is 14.1. The maximum Gasteiger partial charge on any atom is 0.188 e. The third kappa shape index (κ3) is 3.44. The van der Waals surface area contributed by atoms with Gasteiger partial charge in [-0.05, 0) is 118 Å². The van der Waals surface area contributed by atoms with E-state index in [0.717, 1.165) is 44.6 Å². The van der Waals surface area contributed by atoms with Crippen LogP contribution in [0.4, 0.5) is 8.78 Å². The number of Topliss-reactive ketones (excluding diaryl/α,β-unsaturated/α-hetero) is 1.